The van der Waals surface area contributed by atoms with Gasteiger partial charge in [-0.3, -0.25) is 0 Å². The lowest BCUT2D eigenvalue weighted by Crippen LogP contribution is -1.92. The summed E-state index contributed by atoms with van der Waals surface area (Å²) in [6.07, 6.45) is 1.78. The van der Waals surface area contributed by atoms with E-state index in [9.17, 15) is 0 Å². The molecule has 0 amide bonds. The lowest BCUT2D eigenvalue weighted by atomic mass is 10.1. The number of hydrogen-bond donors (Lipinski definition) is 1. The van der Waals surface area contributed by atoms with Crippen molar-refractivity contribution in [1.82, 2.24) is 4.98 Å². The smallest absolute Gasteiger partial charge is 0.130 e. The van der Waals surface area contributed by atoms with Gasteiger partial charge in [-0.25, -0.2) is 4.98 Å². The summed E-state index contributed by atoms with van der Waals surface area (Å²) in [7, 11) is 0. The molecule has 0 aliphatic heterocycles. The molecule has 0 aliphatic rings. The molecule has 0 radical (unpaired) electrons. The van der Waals surface area contributed by atoms with E-state index >= 15 is 0 Å². The number of aromatic nitrogens is 1. The number of anilines is 2. The number of hydrogen-bond acceptors (Lipinski definition) is 2. The number of fused-ring (bicyclic) bond motifs is 1. The number of pyridine rings is 1. The molecule has 1 aromatic heterocycles. The number of nitrogens with one attached hydrogen (secondary N) is 1. The van der Waals surface area contributed by atoms with Gasteiger partial charge in [-0.05, 0) is 57.9 Å². The second-order valence-corrected chi connectivity index (χ2v) is 5.47. The summed E-state index contributed by atoms with van der Waals surface area (Å²) in [5.74, 6) is 0.842. The Balaban J connectivity index is 1.93. The van der Waals surface area contributed by atoms with E-state index in [1.165, 1.54) is 16.3 Å². The molecule has 19 heavy (non-hydrogen) atoms. The van der Waals surface area contributed by atoms with Crippen LogP contribution < -0.4 is 5.32 Å². The highest BCUT2D eigenvalue weighted by molar-refractivity contribution is 9.10. The highest BCUT2D eigenvalue weighted by Crippen LogP contribution is 2.23. The molecule has 0 bridgehead atoms. The van der Waals surface area contributed by atoms with E-state index in [-0.39, 0.29) is 0 Å². The van der Waals surface area contributed by atoms with Gasteiger partial charge in [-0.15, -0.1) is 0 Å². The summed E-state index contributed by atoms with van der Waals surface area (Å²) in [4.78, 5) is 4.31. The van der Waals surface area contributed by atoms with Crippen molar-refractivity contribution < 1.29 is 0 Å². The molecule has 0 atom stereocenters. The Hall–Kier alpha value is -1.87. The number of nitrogens with zero attached hydrogens (tertiary/aromatic N) is 1. The fourth-order valence-electron chi connectivity index (χ4n) is 2.04. The normalized spacial score (nSPS) is 10.6. The number of aryl methyl sites for hydroxylation is 1. The molecular formula is C16H13BrN2. The van der Waals surface area contributed by atoms with Crippen LogP contribution >= 0.6 is 15.9 Å². The SMILES string of the molecule is Cc1ccc2cc(Nc3ccc(Br)cn3)ccc2c1. The van der Waals surface area contributed by atoms with Crippen LogP contribution in [0.3, 0.4) is 0 Å². The van der Waals surface area contributed by atoms with Crippen LogP contribution in [0.4, 0.5) is 11.5 Å². The zero-order chi connectivity index (χ0) is 13.2. The second-order valence-electron chi connectivity index (χ2n) is 4.55. The highest BCUT2D eigenvalue weighted by atomic mass is 79.9. The van der Waals surface area contributed by atoms with Crippen LogP contribution in [0.25, 0.3) is 10.8 Å². The van der Waals surface area contributed by atoms with Gasteiger partial charge >= 0.3 is 0 Å². The minimum absolute atomic E-state index is 0.842. The molecule has 0 saturated heterocycles. The predicted octanol–water partition coefficient (Wildman–Crippen LogP) is 5.05. The molecule has 1 heterocycles. The minimum atomic E-state index is 0.842. The first kappa shape index (κ1) is 12.2. The average molecular weight is 313 g/mol. The molecule has 3 aromatic rings. The van der Waals surface area contributed by atoms with Crippen LogP contribution in [0.1, 0.15) is 5.56 Å². The first-order valence-electron chi connectivity index (χ1n) is 6.10. The summed E-state index contributed by atoms with van der Waals surface area (Å²) in [6, 6.07) is 16.7. The Kier molecular flexibility index (Phi) is 3.22. The summed E-state index contributed by atoms with van der Waals surface area (Å²) < 4.78 is 0.979. The molecule has 2 aromatic carbocycles. The number of rotatable bonds is 2. The third kappa shape index (κ3) is 2.76. The molecular weight excluding hydrogens is 300 g/mol. The van der Waals surface area contributed by atoms with E-state index in [1.54, 1.807) is 6.20 Å². The first-order chi connectivity index (χ1) is 9.20. The van der Waals surface area contributed by atoms with E-state index in [4.69, 9.17) is 0 Å². The number of halogens is 1. The quantitative estimate of drug-likeness (QED) is 0.716. The Bertz CT molecular complexity index is 720. The summed E-state index contributed by atoms with van der Waals surface area (Å²) in [5, 5.41) is 5.79. The Morgan fingerprint density at radius 2 is 1.74 bits per heavy atom. The summed E-state index contributed by atoms with van der Waals surface area (Å²) in [5.41, 5.74) is 2.33. The Labute approximate surface area is 120 Å². The van der Waals surface area contributed by atoms with Crippen molar-refractivity contribution in [1.29, 1.82) is 0 Å². The van der Waals surface area contributed by atoms with Crippen molar-refractivity contribution in [3.63, 3.8) is 0 Å². The van der Waals surface area contributed by atoms with Crippen LogP contribution in [0, 0.1) is 6.92 Å². The molecule has 94 valence electrons. The van der Waals surface area contributed by atoms with Crippen molar-refractivity contribution >= 4 is 38.2 Å². The van der Waals surface area contributed by atoms with E-state index < -0.39 is 0 Å². The lowest BCUT2D eigenvalue weighted by molar-refractivity contribution is 1.29. The van der Waals surface area contributed by atoms with Gasteiger partial charge in [-0.1, -0.05) is 29.8 Å². The monoisotopic (exact) mass is 312 g/mol. The van der Waals surface area contributed by atoms with E-state index in [1.807, 2.05) is 12.1 Å². The Morgan fingerprint density at radius 1 is 0.947 bits per heavy atom. The standard InChI is InChI=1S/C16H13BrN2/c1-11-2-3-13-9-15(6-4-12(13)8-11)19-16-7-5-14(17)10-18-16/h2-10H,1H3,(H,18,19). The maximum Gasteiger partial charge on any atom is 0.130 e. The maximum absolute atomic E-state index is 4.31. The molecule has 3 rings (SSSR count). The zero-order valence-electron chi connectivity index (χ0n) is 10.5. The van der Waals surface area contributed by atoms with Gasteiger partial charge in [0.05, 0.1) is 0 Å². The van der Waals surface area contributed by atoms with Crippen LogP contribution in [-0.2, 0) is 0 Å². The second kappa shape index (κ2) is 5.02. The molecule has 0 spiro atoms. The third-order valence-corrected chi connectivity index (χ3v) is 3.46. The van der Waals surface area contributed by atoms with Crippen molar-refractivity contribution in [2.45, 2.75) is 6.92 Å². The van der Waals surface area contributed by atoms with Crippen molar-refractivity contribution in [2.75, 3.05) is 5.32 Å². The fraction of sp³-hybridized carbons (Fsp3) is 0.0625. The number of benzene rings is 2. The van der Waals surface area contributed by atoms with E-state index in [2.05, 4.69) is 69.6 Å². The van der Waals surface area contributed by atoms with Crippen molar-refractivity contribution in [3.8, 4) is 0 Å². The predicted molar refractivity (Wildman–Crippen MR) is 83.9 cm³/mol. The van der Waals surface area contributed by atoms with Crippen LogP contribution in [0.15, 0.2) is 59.2 Å². The molecule has 0 aliphatic carbocycles. The summed E-state index contributed by atoms with van der Waals surface area (Å²) in [6.45, 7) is 2.11. The third-order valence-electron chi connectivity index (χ3n) is 3.00. The van der Waals surface area contributed by atoms with Gasteiger partial charge in [0.15, 0.2) is 0 Å². The summed E-state index contributed by atoms with van der Waals surface area (Å²) >= 11 is 3.38. The van der Waals surface area contributed by atoms with Gasteiger partial charge in [0.1, 0.15) is 5.82 Å². The van der Waals surface area contributed by atoms with Gasteiger partial charge in [0, 0.05) is 16.4 Å². The highest BCUT2D eigenvalue weighted by Gasteiger charge is 1.99. The van der Waals surface area contributed by atoms with Crippen LogP contribution in [0.5, 0.6) is 0 Å². The Morgan fingerprint density at radius 3 is 2.53 bits per heavy atom. The van der Waals surface area contributed by atoms with Crippen LogP contribution in [0.2, 0.25) is 0 Å². The lowest BCUT2D eigenvalue weighted by Gasteiger charge is -2.07. The average Bonchev–Trinajstić information content (AvgIpc) is 2.42. The van der Waals surface area contributed by atoms with Crippen molar-refractivity contribution in [3.05, 3.63) is 64.8 Å². The zero-order valence-corrected chi connectivity index (χ0v) is 12.1. The van der Waals surface area contributed by atoms with Gasteiger partial charge in [0.25, 0.3) is 0 Å². The topological polar surface area (TPSA) is 24.9 Å². The van der Waals surface area contributed by atoms with E-state index in [0.717, 1.165) is 16.0 Å². The fourth-order valence-corrected chi connectivity index (χ4v) is 2.28. The van der Waals surface area contributed by atoms with Gasteiger partial charge < -0.3 is 5.32 Å². The largest absolute Gasteiger partial charge is 0.340 e. The molecule has 1 N–H and O–H groups in total. The molecule has 2 nitrogen and oxygen atoms in total. The van der Waals surface area contributed by atoms with Crippen LogP contribution in [-0.4, -0.2) is 4.98 Å². The minimum Gasteiger partial charge on any atom is -0.340 e. The maximum atomic E-state index is 4.31. The first-order valence-corrected chi connectivity index (χ1v) is 6.89. The molecule has 3 heteroatoms. The molecule has 0 unspecified atom stereocenters. The molecule has 0 saturated carbocycles. The van der Waals surface area contributed by atoms with E-state index in [0.29, 0.717) is 0 Å². The van der Waals surface area contributed by atoms with Crippen molar-refractivity contribution in [2.24, 2.45) is 0 Å². The van der Waals surface area contributed by atoms with Gasteiger partial charge in [-0.2, -0.15) is 0 Å². The molecule has 0 fully saturated rings. The van der Waals surface area contributed by atoms with Gasteiger partial charge in [0.2, 0.25) is 0 Å².